The number of methoxy groups -OCH3 is 1. The molecule has 1 N–H and O–H groups in total. The first-order valence-electron chi connectivity index (χ1n) is 10.6. The van der Waals surface area contributed by atoms with Gasteiger partial charge < -0.3 is 19.4 Å². The summed E-state index contributed by atoms with van der Waals surface area (Å²) in [5, 5.41) is 13.4. The maximum absolute atomic E-state index is 12.7. The predicted molar refractivity (Wildman–Crippen MR) is 134 cm³/mol. The van der Waals surface area contributed by atoms with Gasteiger partial charge in [0, 0.05) is 16.4 Å². The number of hydrogen-bond acceptors (Lipinski definition) is 8. The van der Waals surface area contributed by atoms with Crippen LogP contribution in [0, 0.1) is 0 Å². The molecular weight excluding hydrogens is 519 g/mol. The second-order valence-electron chi connectivity index (χ2n) is 7.40. The van der Waals surface area contributed by atoms with Crippen molar-refractivity contribution in [1.82, 2.24) is 14.8 Å². The lowest BCUT2D eigenvalue weighted by Gasteiger charge is -2.10. The first-order chi connectivity index (χ1) is 16.4. The van der Waals surface area contributed by atoms with E-state index >= 15 is 0 Å². The Morgan fingerprint density at radius 3 is 2.82 bits per heavy atom. The van der Waals surface area contributed by atoms with Crippen molar-refractivity contribution in [2.24, 2.45) is 0 Å². The molecule has 0 saturated heterocycles. The minimum Gasteiger partial charge on any atom is -0.484 e. The van der Waals surface area contributed by atoms with Crippen LogP contribution in [0.15, 0.2) is 23.4 Å². The highest BCUT2D eigenvalue weighted by atomic mass is 35.5. The molecule has 1 aliphatic rings. The third-order valence-electron chi connectivity index (χ3n) is 5.26. The number of thiophene rings is 1. The highest BCUT2D eigenvalue weighted by Gasteiger charge is 2.28. The van der Waals surface area contributed by atoms with Crippen molar-refractivity contribution in [3.8, 4) is 5.75 Å². The molecule has 0 bridgehead atoms. The van der Waals surface area contributed by atoms with Gasteiger partial charge in [-0.2, -0.15) is 0 Å². The van der Waals surface area contributed by atoms with Gasteiger partial charge in [-0.15, -0.1) is 21.5 Å². The minimum atomic E-state index is -0.418. The topological polar surface area (TPSA) is 95.3 Å². The van der Waals surface area contributed by atoms with Crippen molar-refractivity contribution in [2.75, 3.05) is 18.2 Å². The van der Waals surface area contributed by atoms with Crippen molar-refractivity contribution < 1.29 is 19.1 Å². The minimum absolute atomic E-state index is 0.116. The number of hydrogen-bond donors (Lipinski definition) is 1. The third-order valence-corrected chi connectivity index (χ3v) is 7.96. The maximum atomic E-state index is 12.7. The normalized spacial score (nSPS) is 12.5. The van der Waals surface area contributed by atoms with E-state index in [-0.39, 0.29) is 18.3 Å². The summed E-state index contributed by atoms with van der Waals surface area (Å²) < 4.78 is 12.6. The molecule has 0 atom stereocenters. The molecular formula is C22H22Cl2N4O4S2. The zero-order valence-electron chi connectivity index (χ0n) is 18.5. The van der Waals surface area contributed by atoms with Gasteiger partial charge in [-0.3, -0.25) is 4.79 Å². The van der Waals surface area contributed by atoms with Gasteiger partial charge in [0.05, 0.1) is 23.4 Å². The second kappa shape index (κ2) is 11.0. The Bertz CT molecular complexity index is 1230. The van der Waals surface area contributed by atoms with Crippen LogP contribution >= 0.6 is 46.3 Å². The lowest BCUT2D eigenvalue weighted by molar-refractivity contribution is -0.113. The zero-order valence-corrected chi connectivity index (χ0v) is 21.7. The molecule has 0 aliphatic heterocycles. The Kier molecular flexibility index (Phi) is 8.02. The van der Waals surface area contributed by atoms with Crippen molar-refractivity contribution in [2.45, 2.75) is 44.5 Å². The molecule has 1 aromatic carbocycles. The molecule has 4 rings (SSSR count). The number of carbonyl (C=O) groups is 2. The number of halogens is 2. The summed E-state index contributed by atoms with van der Waals surface area (Å²) in [6, 6.07) is 5.00. The molecule has 0 spiro atoms. The fourth-order valence-corrected chi connectivity index (χ4v) is 6.27. The number of nitrogens with one attached hydrogen (secondary N) is 1. The molecule has 180 valence electrons. The van der Waals surface area contributed by atoms with E-state index in [1.807, 2.05) is 11.5 Å². The van der Waals surface area contributed by atoms with Gasteiger partial charge in [0.1, 0.15) is 17.4 Å². The Balaban J connectivity index is 1.39. The zero-order chi connectivity index (χ0) is 24.2. The van der Waals surface area contributed by atoms with Crippen LogP contribution < -0.4 is 10.1 Å². The summed E-state index contributed by atoms with van der Waals surface area (Å²) in [5.74, 6) is 0.573. The number of anilines is 1. The van der Waals surface area contributed by atoms with Gasteiger partial charge in [-0.05, 0) is 49.9 Å². The molecule has 2 heterocycles. The molecule has 1 amide bonds. The van der Waals surface area contributed by atoms with Crippen LogP contribution in [0.3, 0.4) is 0 Å². The van der Waals surface area contributed by atoms with E-state index in [4.69, 9.17) is 32.7 Å². The molecule has 0 unspecified atom stereocenters. The summed E-state index contributed by atoms with van der Waals surface area (Å²) in [4.78, 5) is 26.1. The maximum Gasteiger partial charge on any atom is 0.341 e. The van der Waals surface area contributed by atoms with E-state index in [1.165, 1.54) is 30.2 Å². The lowest BCUT2D eigenvalue weighted by Crippen LogP contribution is -2.17. The Morgan fingerprint density at radius 1 is 1.26 bits per heavy atom. The van der Waals surface area contributed by atoms with Gasteiger partial charge >= 0.3 is 5.97 Å². The average molecular weight is 541 g/mol. The van der Waals surface area contributed by atoms with Crippen LogP contribution in [-0.2, 0) is 35.5 Å². The summed E-state index contributed by atoms with van der Waals surface area (Å²) >= 11 is 14.8. The largest absolute Gasteiger partial charge is 0.484 e. The van der Waals surface area contributed by atoms with Crippen molar-refractivity contribution in [3.63, 3.8) is 0 Å². The van der Waals surface area contributed by atoms with Crippen molar-refractivity contribution >= 4 is 63.2 Å². The van der Waals surface area contributed by atoms with E-state index in [9.17, 15) is 9.59 Å². The Morgan fingerprint density at radius 2 is 2.09 bits per heavy atom. The first kappa shape index (κ1) is 24.8. The van der Waals surface area contributed by atoms with Gasteiger partial charge in [0.15, 0.2) is 11.0 Å². The van der Waals surface area contributed by atoms with Crippen molar-refractivity contribution in [3.05, 3.63) is 50.1 Å². The number of esters is 1. The van der Waals surface area contributed by atoms with E-state index in [0.29, 0.717) is 43.9 Å². The Hall–Kier alpha value is -2.27. The molecule has 3 aromatic rings. The number of nitrogens with zero attached hydrogens (tertiary/aromatic N) is 3. The van der Waals surface area contributed by atoms with Crippen LogP contribution in [0.1, 0.15) is 40.0 Å². The number of rotatable bonds is 9. The number of aryl methyl sites for hydroxylation is 1. The molecule has 1 aliphatic carbocycles. The fraction of sp³-hybridized carbons (Fsp3) is 0.364. The van der Waals surface area contributed by atoms with Crippen LogP contribution in [0.5, 0.6) is 5.75 Å². The molecule has 8 nitrogen and oxygen atoms in total. The number of carbonyl (C=O) groups excluding carboxylic acids is 2. The molecule has 12 heteroatoms. The van der Waals surface area contributed by atoms with Crippen LogP contribution in [0.4, 0.5) is 5.00 Å². The third kappa shape index (κ3) is 5.35. The fourth-order valence-electron chi connectivity index (χ4n) is 3.69. The second-order valence-corrected chi connectivity index (χ2v) is 10.3. The van der Waals surface area contributed by atoms with E-state index in [1.54, 1.807) is 18.2 Å². The number of thioether (sulfide) groups is 1. The number of ether oxygens (including phenoxy) is 2. The first-order valence-corrected chi connectivity index (χ1v) is 13.1. The molecule has 0 fully saturated rings. The highest BCUT2D eigenvalue weighted by Crippen LogP contribution is 2.39. The van der Waals surface area contributed by atoms with Crippen LogP contribution in [-0.4, -0.2) is 39.5 Å². The number of aromatic nitrogens is 3. The van der Waals surface area contributed by atoms with Crippen LogP contribution in [0.2, 0.25) is 10.0 Å². The monoisotopic (exact) mass is 540 g/mol. The molecule has 34 heavy (non-hydrogen) atoms. The van der Waals surface area contributed by atoms with Gasteiger partial charge in [-0.25, -0.2) is 4.79 Å². The molecule has 0 radical (unpaired) electrons. The summed E-state index contributed by atoms with van der Waals surface area (Å²) in [5.41, 5.74) is 1.48. The molecule has 2 aromatic heterocycles. The predicted octanol–water partition coefficient (Wildman–Crippen LogP) is 5.25. The van der Waals surface area contributed by atoms with Gasteiger partial charge in [-0.1, -0.05) is 35.0 Å². The number of benzene rings is 1. The number of amides is 1. The van der Waals surface area contributed by atoms with E-state index < -0.39 is 5.97 Å². The number of fused-ring (bicyclic) bond motifs is 1. The summed E-state index contributed by atoms with van der Waals surface area (Å²) in [7, 11) is 1.35. The standard InChI is InChI=1S/C22H22Cl2N4O4S2/c1-3-28-17(10-32-15-8-7-12(23)9-14(15)24)26-27-22(28)33-11-18(29)25-20-19(21(30)31-2)13-5-4-6-16(13)34-20/h7-9H,3-6,10-11H2,1-2H3,(H,25,29). The lowest BCUT2D eigenvalue weighted by atomic mass is 10.1. The van der Waals surface area contributed by atoms with Gasteiger partial charge in [0.25, 0.3) is 0 Å². The van der Waals surface area contributed by atoms with Crippen molar-refractivity contribution in [1.29, 1.82) is 0 Å². The van der Waals surface area contributed by atoms with Gasteiger partial charge in [0.2, 0.25) is 5.91 Å². The average Bonchev–Trinajstić information content (AvgIpc) is 3.50. The summed E-state index contributed by atoms with van der Waals surface area (Å²) in [6.07, 6.45) is 2.76. The highest BCUT2D eigenvalue weighted by molar-refractivity contribution is 7.99. The molecule has 0 saturated carbocycles. The summed E-state index contributed by atoms with van der Waals surface area (Å²) in [6.45, 7) is 2.73. The smallest absolute Gasteiger partial charge is 0.341 e. The quantitative estimate of drug-likeness (QED) is 0.292. The van der Waals surface area contributed by atoms with E-state index in [2.05, 4.69) is 15.5 Å². The SMILES string of the molecule is CCn1c(COc2ccc(Cl)cc2Cl)nnc1SCC(=O)Nc1sc2c(c1C(=O)OC)CCC2. The van der Waals surface area contributed by atoms with E-state index in [0.717, 1.165) is 29.7 Å². The Labute approximate surface area is 214 Å². The van der Waals surface area contributed by atoms with Crippen LogP contribution in [0.25, 0.3) is 0 Å².